The van der Waals surface area contributed by atoms with E-state index in [1.165, 1.54) is 0 Å². The number of hydrogen-bond acceptors (Lipinski definition) is 3. The Labute approximate surface area is 154 Å². The molecular formula is C21H26N2O3. The number of amides is 2. The average molecular weight is 354 g/mol. The van der Waals surface area contributed by atoms with E-state index < -0.39 is 6.04 Å². The first kappa shape index (κ1) is 19.7. The van der Waals surface area contributed by atoms with Gasteiger partial charge in [0.2, 0.25) is 5.91 Å². The molecule has 0 saturated heterocycles. The highest BCUT2D eigenvalue weighted by atomic mass is 16.5. The van der Waals surface area contributed by atoms with Crippen LogP contribution in [0.4, 0.5) is 0 Å². The minimum absolute atomic E-state index is 0.224. The van der Waals surface area contributed by atoms with Gasteiger partial charge in [-0.15, -0.1) is 0 Å². The first-order valence-corrected chi connectivity index (χ1v) is 8.90. The molecule has 5 nitrogen and oxygen atoms in total. The molecule has 0 fully saturated rings. The fourth-order valence-electron chi connectivity index (χ4n) is 2.47. The molecule has 0 aliphatic heterocycles. The molecule has 5 heteroatoms. The number of carbonyl (C=O) groups is 2. The normalized spacial score (nSPS) is 11.6. The van der Waals surface area contributed by atoms with Gasteiger partial charge in [0.15, 0.2) is 0 Å². The Morgan fingerprint density at radius 2 is 1.65 bits per heavy atom. The van der Waals surface area contributed by atoms with Crippen molar-refractivity contribution in [3.63, 3.8) is 0 Å². The summed E-state index contributed by atoms with van der Waals surface area (Å²) in [6, 6.07) is 16.1. The average Bonchev–Trinajstić information content (AvgIpc) is 2.67. The molecule has 0 heterocycles. The van der Waals surface area contributed by atoms with E-state index in [9.17, 15) is 9.59 Å². The van der Waals surface area contributed by atoms with Gasteiger partial charge in [-0.1, -0.05) is 49.4 Å². The van der Waals surface area contributed by atoms with Crippen molar-refractivity contribution in [2.75, 3.05) is 6.61 Å². The van der Waals surface area contributed by atoms with Gasteiger partial charge in [-0.2, -0.15) is 0 Å². The summed E-state index contributed by atoms with van der Waals surface area (Å²) in [5.74, 6) is -0.486. The van der Waals surface area contributed by atoms with Gasteiger partial charge >= 0.3 is 0 Å². The highest BCUT2D eigenvalue weighted by Gasteiger charge is 2.16. The van der Waals surface area contributed by atoms with Gasteiger partial charge in [0.1, 0.15) is 6.04 Å². The van der Waals surface area contributed by atoms with Gasteiger partial charge in [0.25, 0.3) is 5.91 Å². The first-order chi connectivity index (χ1) is 12.6. The maximum Gasteiger partial charge on any atom is 0.251 e. The summed E-state index contributed by atoms with van der Waals surface area (Å²) in [6.45, 7) is 5.38. The molecule has 2 aromatic carbocycles. The van der Waals surface area contributed by atoms with Gasteiger partial charge in [-0.3, -0.25) is 9.59 Å². The monoisotopic (exact) mass is 354 g/mol. The lowest BCUT2D eigenvalue weighted by Crippen LogP contribution is -2.44. The van der Waals surface area contributed by atoms with Gasteiger partial charge in [0.05, 0.1) is 6.61 Å². The second-order valence-electron chi connectivity index (χ2n) is 6.10. The zero-order valence-electron chi connectivity index (χ0n) is 15.3. The predicted molar refractivity (Wildman–Crippen MR) is 102 cm³/mol. The maximum absolute atomic E-state index is 12.3. The molecule has 138 valence electrons. The van der Waals surface area contributed by atoms with E-state index in [2.05, 4.69) is 17.6 Å². The van der Waals surface area contributed by atoms with Crippen LogP contribution in [-0.2, 0) is 22.7 Å². The lowest BCUT2D eigenvalue weighted by molar-refractivity contribution is -0.122. The number of carbonyl (C=O) groups excluding carboxylic acids is 2. The van der Waals surface area contributed by atoms with E-state index in [1.807, 2.05) is 30.3 Å². The number of rotatable bonds is 9. The molecule has 2 amide bonds. The number of nitrogens with one attached hydrogen (secondary N) is 2. The molecule has 0 saturated carbocycles. The molecule has 0 aliphatic carbocycles. The zero-order valence-corrected chi connectivity index (χ0v) is 15.3. The van der Waals surface area contributed by atoms with Crippen LogP contribution in [0.25, 0.3) is 0 Å². The Morgan fingerprint density at radius 3 is 2.35 bits per heavy atom. The third-order valence-electron chi connectivity index (χ3n) is 3.95. The Morgan fingerprint density at radius 1 is 1.00 bits per heavy atom. The third kappa shape index (κ3) is 6.01. The van der Waals surface area contributed by atoms with Crippen molar-refractivity contribution >= 4 is 11.8 Å². The molecule has 1 unspecified atom stereocenters. The van der Waals surface area contributed by atoms with Crippen LogP contribution in [0.2, 0.25) is 0 Å². The summed E-state index contributed by atoms with van der Waals surface area (Å²) in [5.41, 5.74) is 2.60. The molecule has 2 N–H and O–H groups in total. The molecule has 1 atom stereocenters. The Kier molecular flexibility index (Phi) is 7.83. The van der Waals surface area contributed by atoms with Crippen molar-refractivity contribution in [3.8, 4) is 0 Å². The van der Waals surface area contributed by atoms with E-state index in [0.29, 0.717) is 25.3 Å². The van der Waals surface area contributed by atoms with Crippen molar-refractivity contribution in [1.82, 2.24) is 10.6 Å². The second kappa shape index (κ2) is 10.4. The molecule has 2 aromatic rings. The van der Waals surface area contributed by atoms with E-state index in [-0.39, 0.29) is 11.8 Å². The number of benzene rings is 2. The minimum atomic E-state index is -0.619. The topological polar surface area (TPSA) is 67.4 Å². The molecule has 26 heavy (non-hydrogen) atoms. The van der Waals surface area contributed by atoms with Crippen LogP contribution in [0.1, 0.15) is 41.8 Å². The second-order valence-corrected chi connectivity index (χ2v) is 6.10. The van der Waals surface area contributed by atoms with Gasteiger partial charge < -0.3 is 15.4 Å². The summed E-state index contributed by atoms with van der Waals surface area (Å²) >= 11 is 0. The molecule has 0 bridgehead atoms. The van der Waals surface area contributed by atoms with Crippen molar-refractivity contribution in [1.29, 1.82) is 0 Å². The zero-order chi connectivity index (χ0) is 18.8. The summed E-state index contributed by atoms with van der Waals surface area (Å²) < 4.78 is 5.60. The molecule has 0 radical (unpaired) electrons. The van der Waals surface area contributed by atoms with Crippen LogP contribution in [0.5, 0.6) is 0 Å². The van der Waals surface area contributed by atoms with Crippen molar-refractivity contribution in [3.05, 3.63) is 71.3 Å². The summed E-state index contributed by atoms with van der Waals surface area (Å²) in [6.07, 6.45) is 0.970. The van der Waals surface area contributed by atoms with E-state index in [4.69, 9.17) is 4.74 Å². The van der Waals surface area contributed by atoms with Gasteiger partial charge in [-0.25, -0.2) is 0 Å². The number of hydrogen-bond donors (Lipinski definition) is 2. The van der Waals surface area contributed by atoms with Crippen molar-refractivity contribution < 1.29 is 14.3 Å². The van der Waals surface area contributed by atoms with Crippen LogP contribution in [0.3, 0.4) is 0 Å². The fraction of sp³-hybridized carbons (Fsp3) is 0.333. The summed E-state index contributed by atoms with van der Waals surface area (Å²) in [4.78, 5) is 24.4. The minimum Gasteiger partial charge on any atom is -0.377 e. The van der Waals surface area contributed by atoms with Crippen molar-refractivity contribution in [2.24, 2.45) is 0 Å². The highest BCUT2D eigenvalue weighted by molar-refractivity contribution is 5.97. The number of ether oxygens (including phenoxy) is 1. The summed E-state index contributed by atoms with van der Waals surface area (Å²) in [7, 11) is 0. The molecule has 0 aliphatic rings. The lowest BCUT2D eigenvalue weighted by atomic mass is 10.1. The van der Waals surface area contributed by atoms with Crippen LogP contribution < -0.4 is 10.6 Å². The van der Waals surface area contributed by atoms with Crippen LogP contribution in [-0.4, -0.2) is 24.5 Å². The predicted octanol–water partition coefficient (Wildman–Crippen LogP) is 3.05. The summed E-state index contributed by atoms with van der Waals surface area (Å²) in [5, 5.41) is 5.59. The Bertz CT molecular complexity index is 716. The molecule has 2 rings (SSSR count). The first-order valence-electron chi connectivity index (χ1n) is 8.90. The van der Waals surface area contributed by atoms with E-state index in [1.54, 1.807) is 31.2 Å². The van der Waals surface area contributed by atoms with Gasteiger partial charge in [0, 0.05) is 18.7 Å². The Balaban J connectivity index is 1.87. The quantitative estimate of drug-likeness (QED) is 0.680. The van der Waals surface area contributed by atoms with E-state index in [0.717, 1.165) is 17.5 Å². The van der Waals surface area contributed by atoms with Crippen LogP contribution in [0.15, 0.2) is 54.6 Å². The highest BCUT2D eigenvalue weighted by Crippen LogP contribution is 2.10. The van der Waals surface area contributed by atoms with Crippen LogP contribution in [0, 0.1) is 0 Å². The Hall–Kier alpha value is -2.66. The molecular weight excluding hydrogens is 328 g/mol. The van der Waals surface area contributed by atoms with Crippen molar-refractivity contribution in [2.45, 2.75) is 39.5 Å². The molecule has 0 spiro atoms. The lowest BCUT2D eigenvalue weighted by Gasteiger charge is -2.15. The van der Waals surface area contributed by atoms with Gasteiger partial charge in [-0.05, 0) is 36.6 Å². The van der Waals surface area contributed by atoms with Crippen LogP contribution >= 0.6 is 0 Å². The SMILES string of the molecule is CCCOCc1ccccc1CNC(=O)C(C)NC(=O)c1ccccc1. The third-order valence-corrected chi connectivity index (χ3v) is 3.95. The largest absolute Gasteiger partial charge is 0.377 e. The standard InChI is InChI=1S/C21H26N2O3/c1-3-13-26-15-19-12-8-7-11-18(19)14-22-20(24)16(2)23-21(25)17-9-5-4-6-10-17/h4-12,16H,3,13-15H2,1-2H3,(H,22,24)(H,23,25). The maximum atomic E-state index is 12.3. The van der Waals surface area contributed by atoms with E-state index >= 15 is 0 Å². The fourth-order valence-corrected chi connectivity index (χ4v) is 2.47. The molecule has 0 aromatic heterocycles. The smallest absolute Gasteiger partial charge is 0.251 e.